The zero-order valence-electron chi connectivity index (χ0n) is 14.8. The van der Waals surface area contributed by atoms with Gasteiger partial charge in [-0.25, -0.2) is 9.18 Å². The Morgan fingerprint density at radius 1 is 1.36 bits per heavy atom. The van der Waals surface area contributed by atoms with Crippen molar-refractivity contribution in [3.8, 4) is 11.3 Å². The number of carboxylic acid groups (broad SMARTS) is 1. The molecule has 1 aliphatic heterocycles. The van der Waals surface area contributed by atoms with Crippen LogP contribution in [0.15, 0.2) is 45.7 Å². The molecule has 1 atom stereocenters. The van der Waals surface area contributed by atoms with Gasteiger partial charge in [-0.15, -0.1) is 0 Å². The topological polar surface area (TPSA) is 70.8 Å². The monoisotopic (exact) mass is 437 g/mol. The number of hydrogen-bond donors (Lipinski definition) is 1. The third kappa shape index (κ3) is 4.48. The van der Waals surface area contributed by atoms with Crippen LogP contribution in [-0.4, -0.2) is 44.3 Å². The third-order valence-corrected chi connectivity index (χ3v) is 6.02. The van der Waals surface area contributed by atoms with E-state index in [2.05, 4.69) is 0 Å². The average molecular weight is 438 g/mol. The molecule has 28 heavy (non-hydrogen) atoms. The molecule has 0 saturated carbocycles. The summed E-state index contributed by atoms with van der Waals surface area (Å²) in [6.07, 6.45) is 3.73. The first-order valence-electron chi connectivity index (χ1n) is 8.25. The van der Waals surface area contributed by atoms with Gasteiger partial charge in [0.2, 0.25) is 0 Å². The summed E-state index contributed by atoms with van der Waals surface area (Å²) in [5.41, 5.74) is 0.705. The quantitative estimate of drug-likeness (QED) is 0.505. The van der Waals surface area contributed by atoms with E-state index >= 15 is 0 Å². The number of aliphatic carboxylic acids is 1. The molecule has 0 aliphatic carbocycles. The van der Waals surface area contributed by atoms with Crippen LogP contribution in [0.3, 0.4) is 0 Å². The maximum absolute atomic E-state index is 13.1. The predicted molar refractivity (Wildman–Crippen MR) is 114 cm³/mol. The van der Waals surface area contributed by atoms with Crippen LogP contribution in [0.2, 0.25) is 0 Å². The fourth-order valence-electron chi connectivity index (χ4n) is 2.67. The normalized spacial score (nSPS) is 16.8. The zero-order chi connectivity index (χ0) is 20.3. The van der Waals surface area contributed by atoms with Crippen molar-refractivity contribution in [2.75, 3.05) is 12.0 Å². The van der Waals surface area contributed by atoms with Crippen LogP contribution < -0.4 is 0 Å². The molecule has 1 aromatic heterocycles. The molecular weight excluding hydrogens is 421 g/mol. The molecule has 3 rings (SSSR count). The standard InChI is InChI=1S/C19H16FNO4S3/c1-27-9-8-14(18(23)24)21-17(22)16(28-19(21)26)10-13-6-7-15(25-13)11-2-4-12(20)5-3-11/h2-7,10,14H,8-9H2,1H3,(H,23,24)/b16-10+. The van der Waals surface area contributed by atoms with Gasteiger partial charge < -0.3 is 9.52 Å². The lowest BCUT2D eigenvalue weighted by atomic mass is 10.2. The Morgan fingerprint density at radius 3 is 2.71 bits per heavy atom. The van der Waals surface area contributed by atoms with Gasteiger partial charge in [-0.05, 0) is 54.8 Å². The number of carbonyl (C=O) groups excluding carboxylic acids is 1. The van der Waals surface area contributed by atoms with Crippen LogP contribution in [0.4, 0.5) is 4.39 Å². The number of thioether (sulfide) groups is 2. The first kappa shape index (κ1) is 20.6. The second-order valence-corrected chi connectivity index (χ2v) is 8.56. The average Bonchev–Trinajstić information content (AvgIpc) is 3.22. The van der Waals surface area contributed by atoms with E-state index in [0.29, 0.717) is 34.2 Å². The molecule has 146 valence electrons. The van der Waals surface area contributed by atoms with Gasteiger partial charge in [-0.2, -0.15) is 11.8 Å². The molecule has 2 aromatic rings. The van der Waals surface area contributed by atoms with Crippen LogP contribution in [-0.2, 0) is 9.59 Å². The van der Waals surface area contributed by atoms with Crippen molar-refractivity contribution in [3.63, 3.8) is 0 Å². The number of carboxylic acids is 1. The number of benzene rings is 1. The Balaban J connectivity index is 1.82. The van der Waals surface area contributed by atoms with Gasteiger partial charge in [-0.3, -0.25) is 9.69 Å². The van der Waals surface area contributed by atoms with Crippen molar-refractivity contribution in [2.45, 2.75) is 12.5 Å². The van der Waals surface area contributed by atoms with Gasteiger partial charge in [0, 0.05) is 11.6 Å². The number of halogens is 1. The van der Waals surface area contributed by atoms with Gasteiger partial charge in [0.1, 0.15) is 27.7 Å². The lowest BCUT2D eigenvalue weighted by molar-refractivity contribution is -0.145. The highest BCUT2D eigenvalue weighted by Crippen LogP contribution is 2.35. The number of hydrogen-bond acceptors (Lipinski definition) is 6. The summed E-state index contributed by atoms with van der Waals surface area (Å²) in [4.78, 5) is 25.8. The van der Waals surface area contributed by atoms with Crippen LogP contribution in [0.5, 0.6) is 0 Å². The zero-order valence-corrected chi connectivity index (χ0v) is 17.2. The molecule has 0 bridgehead atoms. The van der Waals surface area contributed by atoms with E-state index in [0.717, 1.165) is 16.7 Å². The highest BCUT2D eigenvalue weighted by molar-refractivity contribution is 8.26. The first-order valence-corrected chi connectivity index (χ1v) is 10.9. The number of nitrogens with zero attached hydrogens (tertiary/aromatic N) is 1. The SMILES string of the molecule is CSCCC(C(=O)O)N1C(=O)/C(=C\c2ccc(-c3ccc(F)cc3)o2)SC1=S. The number of thiocarbonyl (C=S) groups is 1. The smallest absolute Gasteiger partial charge is 0.326 e. The van der Waals surface area contributed by atoms with E-state index in [9.17, 15) is 19.1 Å². The van der Waals surface area contributed by atoms with Crippen LogP contribution in [0.25, 0.3) is 17.4 Å². The Hall–Kier alpha value is -2.10. The fraction of sp³-hybridized carbons (Fsp3) is 0.211. The second-order valence-electron chi connectivity index (χ2n) is 5.90. The molecular formula is C19H16FNO4S3. The van der Waals surface area contributed by atoms with Crippen LogP contribution in [0, 0.1) is 5.82 Å². The number of amides is 1. The second kappa shape index (κ2) is 8.93. The van der Waals surface area contributed by atoms with Gasteiger partial charge >= 0.3 is 5.97 Å². The highest BCUT2D eigenvalue weighted by Gasteiger charge is 2.40. The molecule has 0 radical (unpaired) electrons. The van der Waals surface area contributed by atoms with Crippen molar-refractivity contribution < 1.29 is 23.5 Å². The van der Waals surface area contributed by atoms with Crippen molar-refractivity contribution in [3.05, 3.63) is 52.9 Å². The molecule has 1 aliphatic rings. The molecule has 5 nitrogen and oxygen atoms in total. The van der Waals surface area contributed by atoms with Crippen LogP contribution in [0.1, 0.15) is 12.2 Å². The predicted octanol–water partition coefficient (Wildman–Crippen LogP) is 4.49. The molecule has 1 saturated heterocycles. The Bertz CT molecular complexity index is 939. The van der Waals surface area contributed by atoms with Crippen LogP contribution >= 0.6 is 35.7 Å². The first-order chi connectivity index (χ1) is 13.4. The summed E-state index contributed by atoms with van der Waals surface area (Å²) in [6.45, 7) is 0. The molecule has 2 heterocycles. The number of carbonyl (C=O) groups is 2. The fourth-order valence-corrected chi connectivity index (χ4v) is 4.47. The minimum absolute atomic E-state index is 0.218. The van der Waals surface area contributed by atoms with Gasteiger partial charge in [0.05, 0.1) is 4.91 Å². The largest absolute Gasteiger partial charge is 0.480 e. The van der Waals surface area contributed by atoms with E-state index in [-0.39, 0.29) is 10.1 Å². The maximum Gasteiger partial charge on any atom is 0.326 e. The van der Waals surface area contributed by atoms with Gasteiger partial charge in [0.15, 0.2) is 0 Å². The summed E-state index contributed by atoms with van der Waals surface area (Å²) >= 11 is 7.80. The number of rotatable bonds is 7. The highest BCUT2D eigenvalue weighted by atomic mass is 32.2. The minimum atomic E-state index is -1.08. The van der Waals surface area contributed by atoms with Crippen molar-refractivity contribution in [2.24, 2.45) is 0 Å². The summed E-state index contributed by atoms with van der Waals surface area (Å²) < 4.78 is 19.0. The molecule has 1 amide bonds. The van der Waals surface area contributed by atoms with E-state index in [1.54, 1.807) is 30.3 Å². The summed E-state index contributed by atoms with van der Waals surface area (Å²) in [6, 6.07) is 8.29. The molecule has 0 spiro atoms. The lowest BCUT2D eigenvalue weighted by Gasteiger charge is -2.22. The molecule has 1 unspecified atom stereocenters. The molecule has 9 heteroatoms. The van der Waals surface area contributed by atoms with E-state index in [1.807, 2.05) is 6.26 Å². The van der Waals surface area contributed by atoms with Crippen molar-refractivity contribution in [1.82, 2.24) is 4.90 Å². The van der Waals surface area contributed by atoms with E-state index in [4.69, 9.17) is 16.6 Å². The Labute approximate surface area is 175 Å². The van der Waals surface area contributed by atoms with E-state index < -0.39 is 17.9 Å². The minimum Gasteiger partial charge on any atom is -0.480 e. The summed E-state index contributed by atoms with van der Waals surface area (Å²) in [5.74, 6) is -0.298. The molecule has 1 aromatic carbocycles. The molecule has 1 N–H and O–H groups in total. The van der Waals surface area contributed by atoms with Crippen molar-refractivity contribution in [1.29, 1.82) is 0 Å². The maximum atomic E-state index is 13.1. The lowest BCUT2D eigenvalue weighted by Crippen LogP contribution is -2.44. The van der Waals surface area contributed by atoms with E-state index in [1.165, 1.54) is 23.9 Å². The third-order valence-electron chi connectivity index (χ3n) is 4.04. The van der Waals surface area contributed by atoms with Crippen molar-refractivity contribution >= 4 is 58.0 Å². The Kier molecular flexibility index (Phi) is 6.58. The molecule has 1 fully saturated rings. The van der Waals surface area contributed by atoms with Gasteiger partial charge in [0.25, 0.3) is 5.91 Å². The summed E-state index contributed by atoms with van der Waals surface area (Å²) in [5, 5.41) is 9.48. The summed E-state index contributed by atoms with van der Waals surface area (Å²) in [7, 11) is 0. The Morgan fingerprint density at radius 2 is 2.07 bits per heavy atom. The number of furan rings is 1. The van der Waals surface area contributed by atoms with Gasteiger partial charge in [-0.1, -0.05) is 24.0 Å².